The molecule has 1 aliphatic rings. The molecule has 0 atom stereocenters. The number of rotatable bonds is 4. The molecular formula is C12H19N3O2. The SMILES string of the molecule is CC(C)c1nc(NCC2(O)CCC2)cc(=O)[nH]1. The Bertz CT molecular complexity index is 449. The van der Waals surface area contributed by atoms with Gasteiger partial charge in [-0.1, -0.05) is 13.8 Å². The summed E-state index contributed by atoms with van der Waals surface area (Å²) in [6.45, 7) is 4.41. The second kappa shape index (κ2) is 4.49. The van der Waals surface area contributed by atoms with Crippen LogP contribution in [0.4, 0.5) is 5.82 Å². The van der Waals surface area contributed by atoms with E-state index >= 15 is 0 Å². The Morgan fingerprint density at radius 3 is 2.82 bits per heavy atom. The summed E-state index contributed by atoms with van der Waals surface area (Å²) in [7, 11) is 0. The molecule has 5 heteroatoms. The standard InChI is InChI=1S/C12H19N3O2/c1-8(2)11-14-9(6-10(16)15-11)13-7-12(17)4-3-5-12/h6,8,17H,3-5,7H2,1-2H3,(H2,13,14,15,16). The Labute approximate surface area is 100 Å². The largest absolute Gasteiger partial charge is 0.388 e. The summed E-state index contributed by atoms with van der Waals surface area (Å²) >= 11 is 0. The molecule has 3 N–H and O–H groups in total. The van der Waals surface area contributed by atoms with Crippen LogP contribution in [0.15, 0.2) is 10.9 Å². The van der Waals surface area contributed by atoms with Gasteiger partial charge in [-0.15, -0.1) is 0 Å². The zero-order chi connectivity index (χ0) is 12.5. The lowest BCUT2D eigenvalue weighted by Gasteiger charge is -2.36. The van der Waals surface area contributed by atoms with Crippen LogP contribution in [-0.4, -0.2) is 27.2 Å². The molecule has 0 radical (unpaired) electrons. The maximum Gasteiger partial charge on any atom is 0.252 e. The number of H-pyrrole nitrogens is 1. The maximum absolute atomic E-state index is 11.4. The Morgan fingerprint density at radius 2 is 2.29 bits per heavy atom. The van der Waals surface area contributed by atoms with Crippen molar-refractivity contribution in [2.75, 3.05) is 11.9 Å². The number of aliphatic hydroxyl groups is 1. The molecule has 2 rings (SSSR count). The summed E-state index contributed by atoms with van der Waals surface area (Å²) in [5.74, 6) is 1.38. The fourth-order valence-electron chi connectivity index (χ4n) is 1.86. The predicted molar refractivity (Wildman–Crippen MR) is 66.2 cm³/mol. The molecular weight excluding hydrogens is 218 g/mol. The van der Waals surface area contributed by atoms with E-state index in [1.165, 1.54) is 6.07 Å². The van der Waals surface area contributed by atoms with Gasteiger partial charge in [-0.05, 0) is 19.3 Å². The minimum absolute atomic E-state index is 0.160. The second-order valence-electron chi connectivity index (χ2n) is 5.10. The van der Waals surface area contributed by atoms with Gasteiger partial charge in [0.25, 0.3) is 5.56 Å². The molecule has 94 valence electrons. The maximum atomic E-state index is 11.4. The van der Waals surface area contributed by atoms with E-state index in [-0.39, 0.29) is 11.5 Å². The smallest absolute Gasteiger partial charge is 0.252 e. The topological polar surface area (TPSA) is 78.0 Å². The molecule has 0 bridgehead atoms. The van der Waals surface area contributed by atoms with Crippen molar-refractivity contribution in [3.05, 3.63) is 22.2 Å². The lowest BCUT2D eigenvalue weighted by Crippen LogP contribution is -2.43. The number of nitrogens with zero attached hydrogens (tertiary/aromatic N) is 1. The summed E-state index contributed by atoms with van der Waals surface area (Å²) in [4.78, 5) is 18.4. The molecule has 1 heterocycles. The average Bonchev–Trinajstić information content (AvgIpc) is 2.23. The molecule has 1 aromatic rings. The van der Waals surface area contributed by atoms with Crippen molar-refractivity contribution in [2.45, 2.75) is 44.6 Å². The summed E-state index contributed by atoms with van der Waals surface area (Å²) < 4.78 is 0. The minimum Gasteiger partial charge on any atom is -0.388 e. The van der Waals surface area contributed by atoms with Crippen LogP contribution in [0.25, 0.3) is 0 Å². The normalized spacial score (nSPS) is 17.9. The first-order valence-corrected chi connectivity index (χ1v) is 6.06. The summed E-state index contributed by atoms with van der Waals surface area (Å²) in [5.41, 5.74) is -0.769. The van der Waals surface area contributed by atoms with Crippen LogP contribution < -0.4 is 10.9 Å². The molecule has 1 aromatic heterocycles. The van der Waals surface area contributed by atoms with E-state index in [2.05, 4.69) is 15.3 Å². The summed E-state index contributed by atoms with van der Waals surface area (Å²) in [5, 5.41) is 13.0. The molecule has 0 spiro atoms. The van der Waals surface area contributed by atoms with Gasteiger partial charge in [0.2, 0.25) is 0 Å². The first kappa shape index (κ1) is 12.1. The molecule has 0 amide bonds. The fraction of sp³-hybridized carbons (Fsp3) is 0.667. The molecule has 0 unspecified atom stereocenters. The van der Waals surface area contributed by atoms with Crippen LogP contribution in [0.5, 0.6) is 0 Å². The highest BCUT2D eigenvalue weighted by Gasteiger charge is 2.34. The number of nitrogens with one attached hydrogen (secondary N) is 2. The number of aromatic amines is 1. The fourth-order valence-corrected chi connectivity index (χ4v) is 1.86. The molecule has 1 saturated carbocycles. The van der Waals surface area contributed by atoms with E-state index in [1.54, 1.807) is 0 Å². The van der Waals surface area contributed by atoms with Gasteiger partial charge in [0.1, 0.15) is 11.6 Å². The van der Waals surface area contributed by atoms with Crippen molar-refractivity contribution in [3.63, 3.8) is 0 Å². The Balaban J connectivity index is 2.07. The van der Waals surface area contributed by atoms with E-state index < -0.39 is 5.60 Å². The quantitative estimate of drug-likeness (QED) is 0.735. The first-order chi connectivity index (χ1) is 7.98. The molecule has 1 aliphatic carbocycles. The molecule has 1 fully saturated rings. The van der Waals surface area contributed by atoms with Gasteiger partial charge in [-0.25, -0.2) is 4.98 Å². The Morgan fingerprint density at radius 1 is 1.59 bits per heavy atom. The van der Waals surface area contributed by atoms with Crippen LogP contribution in [0.2, 0.25) is 0 Å². The highest BCUT2D eigenvalue weighted by molar-refractivity contribution is 5.34. The van der Waals surface area contributed by atoms with E-state index in [4.69, 9.17) is 0 Å². The average molecular weight is 237 g/mol. The van der Waals surface area contributed by atoms with Crippen molar-refractivity contribution < 1.29 is 5.11 Å². The van der Waals surface area contributed by atoms with Gasteiger partial charge in [-0.2, -0.15) is 0 Å². The Kier molecular flexibility index (Phi) is 3.19. The van der Waals surface area contributed by atoms with Gasteiger partial charge >= 0.3 is 0 Å². The minimum atomic E-state index is -0.609. The van der Waals surface area contributed by atoms with Crippen molar-refractivity contribution >= 4 is 5.82 Å². The van der Waals surface area contributed by atoms with Gasteiger partial charge < -0.3 is 15.4 Å². The number of anilines is 1. The molecule has 5 nitrogen and oxygen atoms in total. The zero-order valence-electron chi connectivity index (χ0n) is 10.3. The summed E-state index contributed by atoms with van der Waals surface area (Å²) in [6, 6.07) is 1.42. The lowest BCUT2D eigenvalue weighted by atomic mass is 9.80. The molecule has 0 saturated heterocycles. The van der Waals surface area contributed by atoms with Crippen molar-refractivity contribution in [3.8, 4) is 0 Å². The zero-order valence-corrected chi connectivity index (χ0v) is 10.3. The predicted octanol–water partition coefficient (Wildman–Crippen LogP) is 1.22. The highest BCUT2D eigenvalue weighted by Crippen LogP contribution is 2.31. The van der Waals surface area contributed by atoms with Crippen LogP contribution in [0.1, 0.15) is 44.9 Å². The third kappa shape index (κ3) is 2.85. The monoisotopic (exact) mass is 237 g/mol. The molecule has 0 aromatic carbocycles. The van der Waals surface area contributed by atoms with Gasteiger partial charge in [0.05, 0.1) is 5.60 Å². The number of hydrogen-bond acceptors (Lipinski definition) is 4. The van der Waals surface area contributed by atoms with E-state index in [0.717, 1.165) is 19.3 Å². The van der Waals surface area contributed by atoms with E-state index in [0.29, 0.717) is 18.2 Å². The van der Waals surface area contributed by atoms with Crippen LogP contribution in [0, 0.1) is 0 Å². The molecule has 17 heavy (non-hydrogen) atoms. The van der Waals surface area contributed by atoms with Gasteiger partial charge in [0.15, 0.2) is 0 Å². The Hall–Kier alpha value is -1.36. The van der Waals surface area contributed by atoms with E-state index in [9.17, 15) is 9.90 Å². The van der Waals surface area contributed by atoms with Crippen LogP contribution >= 0.6 is 0 Å². The second-order valence-corrected chi connectivity index (χ2v) is 5.10. The van der Waals surface area contributed by atoms with Crippen LogP contribution in [-0.2, 0) is 0 Å². The lowest BCUT2D eigenvalue weighted by molar-refractivity contribution is -0.0202. The van der Waals surface area contributed by atoms with Crippen molar-refractivity contribution in [2.24, 2.45) is 0 Å². The molecule has 0 aliphatic heterocycles. The summed E-state index contributed by atoms with van der Waals surface area (Å²) in [6.07, 6.45) is 2.71. The van der Waals surface area contributed by atoms with Gasteiger partial charge in [-0.3, -0.25) is 4.79 Å². The van der Waals surface area contributed by atoms with E-state index in [1.807, 2.05) is 13.8 Å². The number of aromatic nitrogens is 2. The third-order valence-corrected chi connectivity index (χ3v) is 3.19. The third-order valence-electron chi connectivity index (χ3n) is 3.19. The van der Waals surface area contributed by atoms with Crippen LogP contribution in [0.3, 0.4) is 0 Å². The highest BCUT2D eigenvalue weighted by atomic mass is 16.3. The first-order valence-electron chi connectivity index (χ1n) is 6.06. The van der Waals surface area contributed by atoms with Crippen molar-refractivity contribution in [1.29, 1.82) is 0 Å². The van der Waals surface area contributed by atoms with Gasteiger partial charge in [0, 0.05) is 18.5 Å². The van der Waals surface area contributed by atoms with Crippen molar-refractivity contribution in [1.82, 2.24) is 9.97 Å². The number of hydrogen-bond donors (Lipinski definition) is 3.